The van der Waals surface area contributed by atoms with Crippen molar-refractivity contribution in [3.8, 4) is 0 Å². The van der Waals surface area contributed by atoms with Crippen molar-refractivity contribution in [2.75, 3.05) is 13.7 Å². The highest BCUT2D eigenvalue weighted by Gasteiger charge is 2.64. The standard InChI is InChI=1S/C29H34N4O9/c1-13(34)41-18-8-28(2)16(5-6-19(28)35)21-23(18)29(3)20(11-40-4)42-27(39)15(22(29)25(37)24(21)36)10-32-17(26(30)38)7-14-9-31-12-33-14/h9-10,12,16-18,20,32,37H,5-8,11H2,1-4H3,(H2,30,38)(H,31,33)/b15-10-/t16-,17+,18+,20+,28-,29-/m0/s1. The second-order valence-electron chi connectivity index (χ2n) is 11.6. The molecule has 13 nitrogen and oxygen atoms in total. The molecule has 0 aromatic carbocycles. The zero-order valence-corrected chi connectivity index (χ0v) is 23.8. The van der Waals surface area contributed by atoms with Crippen molar-refractivity contribution in [3.63, 3.8) is 0 Å². The molecule has 5 rings (SSSR count). The molecule has 0 radical (unpaired) electrons. The lowest BCUT2D eigenvalue weighted by Gasteiger charge is -2.53. The number of carbonyl (C=O) groups is 5. The first-order valence-electron chi connectivity index (χ1n) is 13.7. The van der Waals surface area contributed by atoms with Crippen LogP contribution in [0.5, 0.6) is 0 Å². The minimum Gasteiger partial charge on any atom is -0.504 e. The normalized spacial score (nSPS) is 32.2. The van der Waals surface area contributed by atoms with Gasteiger partial charge in [-0.1, -0.05) is 6.92 Å². The quantitative estimate of drug-likeness (QED) is 0.250. The molecule has 1 saturated carbocycles. The molecular formula is C29H34N4O9. The molecule has 1 aromatic heterocycles. The van der Waals surface area contributed by atoms with Gasteiger partial charge in [0.25, 0.3) is 0 Å². The van der Waals surface area contributed by atoms with Crippen LogP contribution in [0.25, 0.3) is 0 Å². The molecule has 5 N–H and O–H groups in total. The number of ether oxygens (including phenoxy) is 3. The Morgan fingerprint density at radius 2 is 2.07 bits per heavy atom. The summed E-state index contributed by atoms with van der Waals surface area (Å²) < 4.78 is 17.0. The average Bonchev–Trinajstić information content (AvgIpc) is 3.53. The number of nitrogens with zero attached hydrogens (tertiary/aromatic N) is 1. The second-order valence-corrected chi connectivity index (χ2v) is 11.6. The molecule has 6 atom stereocenters. The Balaban J connectivity index is 1.67. The second kappa shape index (κ2) is 10.5. The van der Waals surface area contributed by atoms with Crippen LogP contribution >= 0.6 is 0 Å². The van der Waals surface area contributed by atoms with Crippen molar-refractivity contribution in [2.45, 2.75) is 64.7 Å². The number of rotatable bonds is 8. The van der Waals surface area contributed by atoms with Crippen LogP contribution in [0.4, 0.5) is 0 Å². The monoisotopic (exact) mass is 582 g/mol. The first-order chi connectivity index (χ1) is 19.8. The van der Waals surface area contributed by atoms with Gasteiger partial charge >= 0.3 is 11.9 Å². The van der Waals surface area contributed by atoms with Gasteiger partial charge in [-0.2, -0.15) is 0 Å². The third kappa shape index (κ3) is 4.42. The van der Waals surface area contributed by atoms with Gasteiger partial charge in [-0.3, -0.25) is 19.2 Å². The zero-order chi connectivity index (χ0) is 30.6. The van der Waals surface area contributed by atoms with Crippen LogP contribution in [0, 0.1) is 16.7 Å². The Labute approximate surface area is 241 Å². The van der Waals surface area contributed by atoms with E-state index in [0.29, 0.717) is 17.7 Å². The van der Waals surface area contributed by atoms with Gasteiger partial charge in [-0.05, 0) is 18.9 Å². The Morgan fingerprint density at radius 1 is 1.33 bits per heavy atom. The molecule has 3 aliphatic carbocycles. The number of nitrogens with one attached hydrogen (secondary N) is 2. The Morgan fingerprint density at radius 3 is 2.69 bits per heavy atom. The number of amides is 1. The molecule has 0 spiro atoms. The number of H-pyrrole nitrogens is 1. The molecule has 1 saturated heterocycles. The maximum atomic E-state index is 14.0. The van der Waals surface area contributed by atoms with E-state index in [1.165, 1.54) is 32.8 Å². The van der Waals surface area contributed by atoms with E-state index >= 15 is 0 Å². The van der Waals surface area contributed by atoms with Gasteiger partial charge in [0.15, 0.2) is 5.76 Å². The molecule has 2 heterocycles. The van der Waals surface area contributed by atoms with Crippen LogP contribution in [-0.2, 0) is 44.6 Å². The first-order valence-corrected chi connectivity index (χ1v) is 13.7. The van der Waals surface area contributed by atoms with Crippen molar-refractivity contribution in [3.05, 3.63) is 52.5 Å². The Hall–Kier alpha value is -4.26. The van der Waals surface area contributed by atoms with E-state index < -0.39 is 64.4 Å². The van der Waals surface area contributed by atoms with Crippen LogP contribution in [0.3, 0.4) is 0 Å². The number of carbonyl (C=O) groups excluding carboxylic acids is 5. The summed E-state index contributed by atoms with van der Waals surface area (Å²) in [6.07, 6.45) is 2.99. The molecule has 0 unspecified atom stereocenters. The lowest BCUT2D eigenvalue weighted by atomic mass is 9.53. The fourth-order valence-electron chi connectivity index (χ4n) is 7.14. The topological polar surface area (TPSA) is 200 Å². The highest BCUT2D eigenvalue weighted by Crippen LogP contribution is 2.62. The number of hydrogen-bond acceptors (Lipinski definition) is 11. The number of hydrogen-bond donors (Lipinski definition) is 4. The maximum Gasteiger partial charge on any atom is 0.340 e. The molecule has 1 amide bonds. The first kappa shape index (κ1) is 29.2. The number of allylic oxidation sites excluding steroid dienone is 1. The van der Waals surface area contributed by atoms with Crippen LogP contribution in [-0.4, -0.2) is 76.5 Å². The largest absolute Gasteiger partial charge is 0.504 e. The minimum absolute atomic E-state index is 0.0492. The van der Waals surface area contributed by atoms with Gasteiger partial charge in [0, 0.05) is 73.9 Å². The Kier molecular flexibility index (Phi) is 7.34. The maximum absolute atomic E-state index is 14.0. The van der Waals surface area contributed by atoms with Gasteiger partial charge in [0.2, 0.25) is 11.7 Å². The lowest BCUT2D eigenvalue weighted by molar-refractivity contribution is -0.160. The van der Waals surface area contributed by atoms with Crippen molar-refractivity contribution in [1.82, 2.24) is 15.3 Å². The number of ketones is 2. The minimum atomic E-state index is -1.40. The summed E-state index contributed by atoms with van der Waals surface area (Å²) in [4.78, 5) is 71.8. The lowest BCUT2D eigenvalue weighted by Crippen LogP contribution is -2.57. The summed E-state index contributed by atoms with van der Waals surface area (Å²) >= 11 is 0. The summed E-state index contributed by atoms with van der Waals surface area (Å²) in [6, 6.07) is -0.987. The number of methoxy groups -OCH3 is 1. The van der Waals surface area contributed by atoms with E-state index in [-0.39, 0.29) is 48.4 Å². The average molecular weight is 583 g/mol. The SMILES string of the molecule is COC[C@H]1OC(=O)/C(=C\N[C@H](Cc2cnc[nH]2)C(N)=O)C2=C(O)C(=O)C3=C([C@H](OC(C)=O)C[C@]4(C)C(=O)CC[C@@H]34)[C@]21C. The number of Topliss-reactive ketones (excluding diaryl/α,β-unsaturated/α-hetero) is 2. The molecular weight excluding hydrogens is 548 g/mol. The van der Waals surface area contributed by atoms with Crippen LogP contribution in [0.15, 0.2) is 46.8 Å². The number of esters is 2. The number of cyclic esters (lactones) is 1. The number of aliphatic hydroxyl groups is 1. The number of imidazole rings is 1. The summed E-state index contributed by atoms with van der Waals surface area (Å²) in [5.74, 6) is -4.22. The predicted octanol–water partition coefficient (Wildman–Crippen LogP) is 0.870. The van der Waals surface area contributed by atoms with E-state index in [2.05, 4.69) is 15.3 Å². The number of fused-ring (bicyclic) bond motifs is 4. The number of aromatic amines is 1. The van der Waals surface area contributed by atoms with Gasteiger partial charge in [0.1, 0.15) is 24.0 Å². The number of primary amides is 1. The molecule has 224 valence electrons. The third-order valence-corrected chi connectivity index (χ3v) is 9.17. The van der Waals surface area contributed by atoms with Gasteiger partial charge in [-0.15, -0.1) is 0 Å². The van der Waals surface area contributed by atoms with Crippen molar-refractivity contribution in [2.24, 2.45) is 22.5 Å². The number of nitrogens with two attached hydrogens (primary N) is 1. The fraction of sp³-hybridized carbons (Fsp3) is 0.517. The molecule has 4 aliphatic rings. The van der Waals surface area contributed by atoms with Gasteiger partial charge < -0.3 is 35.4 Å². The molecule has 2 fully saturated rings. The predicted molar refractivity (Wildman–Crippen MR) is 144 cm³/mol. The van der Waals surface area contributed by atoms with Crippen LogP contribution in [0.2, 0.25) is 0 Å². The number of aromatic nitrogens is 2. The van der Waals surface area contributed by atoms with Crippen molar-refractivity contribution >= 4 is 29.4 Å². The number of aliphatic hydroxyl groups excluding tert-OH is 1. The highest BCUT2D eigenvalue weighted by atomic mass is 16.6. The van der Waals surface area contributed by atoms with Gasteiger partial charge in [-0.25, -0.2) is 9.78 Å². The summed E-state index contributed by atoms with van der Waals surface area (Å²) in [6.45, 7) is 4.57. The van der Waals surface area contributed by atoms with E-state index in [9.17, 15) is 29.1 Å². The summed E-state index contributed by atoms with van der Waals surface area (Å²) in [5, 5.41) is 14.4. The molecule has 0 bridgehead atoms. The molecule has 1 aliphatic heterocycles. The van der Waals surface area contributed by atoms with E-state index in [1.807, 2.05) is 0 Å². The summed E-state index contributed by atoms with van der Waals surface area (Å²) in [5.41, 5.74) is 4.15. The smallest absolute Gasteiger partial charge is 0.340 e. The Bertz CT molecular complexity index is 1460. The van der Waals surface area contributed by atoms with Crippen LogP contribution in [0.1, 0.15) is 45.7 Å². The molecule has 13 heteroatoms. The van der Waals surface area contributed by atoms with Gasteiger partial charge in [0.05, 0.1) is 23.9 Å². The van der Waals surface area contributed by atoms with Crippen molar-refractivity contribution in [1.29, 1.82) is 0 Å². The van der Waals surface area contributed by atoms with E-state index in [4.69, 9.17) is 19.9 Å². The zero-order valence-electron chi connectivity index (χ0n) is 23.8. The molecule has 42 heavy (non-hydrogen) atoms. The molecule has 1 aromatic rings. The summed E-state index contributed by atoms with van der Waals surface area (Å²) in [7, 11) is 1.42. The fourth-order valence-corrected chi connectivity index (χ4v) is 7.14. The van der Waals surface area contributed by atoms with E-state index in [0.717, 1.165) is 0 Å². The third-order valence-electron chi connectivity index (χ3n) is 9.17. The van der Waals surface area contributed by atoms with Crippen LogP contribution < -0.4 is 11.1 Å². The highest BCUT2D eigenvalue weighted by molar-refractivity contribution is 6.14. The van der Waals surface area contributed by atoms with E-state index in [1.54, 1.807) is 13.8 Å². The van der Waals surface area contributed by atoms with Crippen molar-refractivity contribution < 1.29 is 43.3 Å².